The van der Waals surface area contributed by atoms with Crippen LogP contribution in [0.3, 0.4) is 0 Å². The summed E-state index contributed by atoms with van der Waals surface area (Å²) in [5, 5.41) is 0. The Labute approximate surface area is 107 Å². The molecule has 1 aromatic carbocycles. The SMILES string of the molecule is CCOC(=O)/C(C)=C/Oc1ccc2c(c1)CCC2. The summed E-state index contributed by atoms with van der Waals surface area (Å²) in [4.78, 5) is 11.4. The van der Waals surface area contributed by atoms with E-state index in [1.165, 1.54) is 23.8 Å². The van der Waals surface area contributed by atoms with Gasteiger partial charge < -0.3 is 9.47 Å². The lowest BCUT2D eigenvalue weighted by Crippen LogP contribution is -2.06. The van der Waals surface area contributed by atoms with Crippen molar-refractivity contribution in [3.8, 4) is 5.75 Å². The van der Waals surface area contributed by atoms with Crippen molar-refractivity contribution < 1.29 is 14.3 Å². The molecule has 0 saturated heterocycles. The van der Waals surface area contributed by atoms with E-state index in [0.29, 0.717) is 12.2 Å². The Morgan fingerprint density at radius 1 is 1.33 bits per heavy atom. The Kier molecular flexibility index (Phi) is 4.03. The molecule has 1 aliphatic carbocycles. The Morgan fingerprint density at radius 2 is 2.11 bits per heavy atom. The van der Waals surface area contributed by atoms with Gasteiger partial charge >= 0.3 is 5.97 Å². The summed E-state index contributed by atoms with van der Waals surface area (Å²) in [6.45, 7) is 3.85. The minimum Gasteiger partial charge on any atom is -0.464 e. The zero-order valence-corrected chi connectivity index (χ0v) is 10.9. The number of hydrogen-bond donors (Lipinski definition) is 0. The van der Waals surface area contributed by atoms with Gasteiger partial charge in [0.1, 0.15) is 12.0 Å². The van der Waals surface area contributed by atoms with Crippen LogP contribution >= 0.6 is 0 Å². The average Bonchev–Trinajstić information content (AvgIpc) is 2.83. The fourth-order valence-electron chi connectivity index (χ4n) is 2.07. The monoisotopic (exact) mass is 246 g/mol. The van der Waals surface area contributed by atoms with Crippen molar-refractivity contribution in [3.63, 3.8) is 0 Å². The lowest BCUT2D eigenvalue weighted by atomic mass is 10.1. The van der Waals surface area contributed by atoms with Gasteiger partial charge in [-0.1, -0.05) is 6.07 Å². The number of esters is 1. The summed E-state index contributed by atoms with van der Waals surface area (Å²) in [6.07, 6.45) is 4.95. The van der Waals surface area contributed by atoms with Gasteiger partial charge in [0.2, 0.25) is 0 Å². The van der Waals surface area contributed by atoms with Crippen molar-refractivity contribution in [1.82, 2.24) is 0 Å². The molecule has 18 heavy (non-hydrogen) atoms. The van der Waals surface area contributed by atoms with Crippen molar-refractivity contribution in [2.75, 3.05) is 6.61 Å². The summed E-state index contributed by atoms with van der Waals surface area (Å²) in [6, 6.07) is 6.10. The number of carbonyl (C=O) groups excluding carboxylic acids is 1. The molecule has 0 atom stereocenters. The van der Waals surface area contributed by atoms with Gasteiger partial charge in [0.05, 0.1) is 12.2 Å². The topological polar surface area (TPSA) is 35.5 Å². The number of aryl methyl sites for hydroxylation is 2. The largest absolute Gasteiger partial charge is 0.464 e. The molecule has 0 spiro atoms. The third kappa shape index (κ3) is 2.92. The molecule has 0 unspecified atom stereocenters. The van der Waals surface area contributed by atoms with Gasteiger partial charge in [0.25, 0.3) is 0 Å². The van der Waals surface area contributed by atoms with Gasteiger partial charge in [-0.2, -0.15) is 0 Å². The number of benzene rings is 1. The smallest absolute Gasteiger partial charge is 0.336 e. The Hall–Kier alpha value is -1.77. The third-order valence-corrected chi connectivity index (χ3v) is 3.04. The number of rotatable bonds is 4. The van der Waals surface area contributed by atoms with Crippen LogP contribution in [0.2, 0.25) is 0 Å². The molecule has 0 radical (unpaired) electrons. The van der Waals surface area contributed by atoms with Crippen LogP contribution < -0.4 is 4.74 Å². The van der Waals surface area contributed by atoms with Crippen LogP contribution in [0.25, 0.3) is 0 Å². The Bertz CT molecular complexity index is 475. The standard InChI is InChI=1S/C15H18O3/c1-3-17-15(16)11(2)10-18-14-8-7-12-5-4-6-13(12)9-14/h7-10H,3-6H2,1-2H3/b11-10+. The number of carbonyl (C=O) groups is 1. The zero-order valence-electron chi connectivity index (χ0n) is 10.9. The van der Waals surface area contributed by atoms with Gasteiger partial charge in [-0.15, -0.1) is 0 Å². The molecule has 0 bridgehead atoms. The molecule has 0 N–H and O–H groups in total. The molecule has 1 aliphatic rings. The molecule has 2 rings (SSSR count). The van der Waals surface area contributed by atoms with Crippen LogP contribution in [0, 0.1) is 0 Å². The second kappa shape index (κ2) is 5.71. The molecular weight excluding hydrogens is 228 g/mol. The summed E-state index contributed by atoms with van der Waals surface area (Å²) in [7, 11) is 0. The van der Waals surface area contributed by atoms with Gasteiger partial charge in [-0.25, -0.2) is 4.79 Å². The summed E-state index contributed by atoms with van der Waals surface area (Å²) in [5.41, 5.74) is 3.24. The fourth-order valence-corrected chi connectivity index (χ4v) is 2.07. The summed E-state index contributed by atoms with van der Waals surface area (Å²) >= 11 is 0. The van der Waals surface area contributed by atoms with Crippen molar-refractivity contribution in [3.05, 3.63) is 41.2 Å². The van der Waals surface area contributed by atoms with E-state index in [9.17, 15) is 4.79 Å². The molecular formula is C15H18O3. The first-order chi connectivity index (χ1) is 8.70. The molecule has 0 saturated carbocycles. The zero-order chi connectivity index (χ0) is 13.0. The molecule has 0 heterocycles. The molecule has 3 heteroatoms. The average molecular weight is 246 g/mol. The van der Waals surface area contributed by atoms with Crippen LogP contribution in [0.5, 0.6) is 5.75 Å². The van der Waals surface area contributed by atoms with E-state index in [0.717, 1.165) is 18.6 Å². The number of ether oxygens (including phenoxy) is 2. The quantitative estimate of drug-likeness (QED) is 0.465. The maximum Gasteiger partial charge on any atom is 0.336 e. The highest BCUT2D eigenvalue weighted by atomic mass is 16.5. The van der Waals surface area contributed by atoms with Gasteiger partial charge in [0, 0.05) is 0 Å². The summed E-state index contributed by atoms with van der Waals surface area (Å²) in [5.74, 6) is 0.443. The number of hydrogen-bond acceptors (Lipinski definition) is 3. The minimum absolute atomic E-state index is 0.335. The molecule has 0 aliphatic heterocycles. The first-order valence-electron chi connectivity index (χ1n) is 6.33. The van der Waals surface area contributed by atoms with Crippen molar-refractivity contribution in [2.24, 2.45) is 0 Å². The Morgan fingerprint density at radius 3 is 2.89 bits per heavy atom. The van der Waals surface area contributed by atoms with E-state index in [1.807, 2.05) is 6.07 Å². The van der Waals surface area contributed by atoms with E-state index in [-0.39, 0.29) is 5.97 Å². The van der Waals surface area contributed by atoms with E-state index in [2.05, 4.69) is 12.1 Å². The maximum absolute atomic E-state index is 11.4. The first kappa shape index (κ1) is 12.7. The summed E-state index contributed by atoms with van der Waals surface area (Å²) < 4.78 is 10.4. The fraction of sp³-hybridized carbons (Fsp3) is 0.400. The second-order valence-electron chi connectivity index (χ2n) is 4.42. The number of fused-ring (bicyclic) bond motifs is 1. The Balaban J connectivity index is 2.01. The third-order valence-electron chi connectivity index (χ3n) is 3.04. The van der Waals surface area contributed by atoms with Crippen LogP contribution in [0.15, 0.2) is 30.0 Å². The van der Waals surface area contributed by atoms with Crippen LogP contribution in [0.4, 0.5) is 0 Å². The molecule has 0 amide bonds. The molecule has 3 nitrogen and oxygen atoms in total. The maximum atomic E-state index is 11.4. The normalized spacial score (nSPS) is 14.2. The molecule has 0 fully saturated rings. The highest BCUT2D eigenvalue weighted by Gasteiger charge is 2.11. The van der Waals surface area contributed by atoms with Crippen molar-refractivity contribution >= 4 is 5.97 Å². The van der Waals surface area contributed by atoms with Crippen molar-refractivity contribution in [1.29, 1.82) is 0 Å². The van der Waals surface area contributed by atoms with Crippen LogP contribution in [-0.4, -0.2) is 12.6 Å². The van der Waals surface area contributed by atoms with E-state index >= 15 is 0 Å². The molecule has 1 aromatic rings. The highest BCUT2D eigenvalue weighted by Crippen LogP contribution is 2.26. The van der Waals surface area contributed by atoms with Crippen LogP contribution in [0.1, 0.15) is 31.4 Å². The first-order valence-corrected chi connectivity index (χ1v) is 6.33. The van der Waals surface area contributed by atoms with Crippen LogP contribution in [-0.2, 0) is 22.4 Å². The lowest BCUT2D eigenvalue weighted by Gasteiger charge is -2.05. The van der Waals surface area contributed by atoms with Crippen molar-refractivity contribution in [2.45, 2.75) is 33.1 Å². The molecule has 0 aromatic heterocycles. The molecule has 96 valence electrons. The predicted octanol–water partition coefficient (Wildman–Crippen LogP) is 3.02. The second-order valence-corrected chi connectivity index (χ2v) is 4.42. The predicted molar refractivity (Wildman–Crippen MR) is 69.5 cm³/mol. The van der Waals surface area contributed by atoms with E-state index in [1.54, 1.807) is 13.8 Å². The van der Waals surface area contributed by atoms with Gasteiger partial charge in [0.15, 0.2) is 0 Å². The van der Waals surface area contributed by atoms with Gasteiger partial charge in [-0.05, 0) is 56.4 Å². The highest BCUT2D eigenvalue weighted by molar-refractivity contribution is 5.87. The minimum atomic E-state index is -0.335. The van der Waals surface area contributed by atoms with E-state index in [4.69, 9.17) is 9.47 Å². The lowest BCUT2D eigenvalue weighted by molar-refractivity contribution is -0.138. The van der Waals surface area contributed by atoms with Gasteiger partial charge in [-0.3, -0.25) is 0 Å². The van der Waals surface area contributed by atoms with E-state index < -0.39 is 0 Å².